The highest BCUT2D eigenvalue weighted by atomic mass is 32.1. The molecule has 0 aromatic carbocycles. The molecule has 0 amide bonds. The molecule has 1 fully saturated rings. The van der Waals surface area contributed by atoms with Gasteiger partial charge in [-0.3, -0.25) is 4.79 Å². The monoisotopic (exact) mass is 183 g/mol. The average molecular weight is 183 g/mol. The molecular weight excluding hydrogens is 174 g/mol. The molecule has 2 heterocycles. The molecule has 1 aliphatic rings. The van der Waals surface area contributed by atoms with E-state index in [1.54, 1.807) is 11.3 Å². The first kappa shape index (κ1) is 7.61. The molecule has 0 aliphatic carbocycles. The van der Waals surface area contributed by atoms with Gasteiger partial charge in [-0.25, -0.2) is 0 Å². The molecule has 0 bridgehead atoms. The molecule has 1 N–H and O–H groups in total. The van der Waals surface area contributed by atoms with Gasteiger partial charge in [-0.1, -0.05) is 0 Å². The zero-order chi connectivity index (χ0) is 8.55. The Kier molecular flexibility index (Phi) is 1.77. The van der Waals surface area contributed by atoms with Crippen molar-refractivity contribution >= 4 is 23.0 Å². The first-order chi connectivity index (χ1) is 5.77. The lowest BCUT2D eigenvalue weighted by atomic mass is 10.0. The minimum absolute atomic E-state index is 0.162. The van der Waals surface area contributed by atoms with E-state index in [0.717, 1.165) is 5.69 Å². The second kappa shape index (κ2) is 2.79. The van der Waals surface area contributed by atoms with Crippen LogP contribution in [0.25, 0.3) is 0 Å². The third-order valence-corrected chi connectivity index (χ3v) is 2.77. The summed E-state index contributed by atoms with van der Waals surface area (Å²) in [4.78, 5) is 12.6. The molecule has 1 saturated heterocycles. The number of rotatable bonds is 2. The summed E-state index contributed by atoms with van der Waals surface area (Å²) in [7, 11) is 0. The number of nitrogens with zero attached hydrogens (tertiary/aromatic N) is 1. The second-order valence-electron chi connectivity index (χ2n) is 2.92. The van der Waals surface area contributed by atoms with E-state index in [4.69, 9.17) is 5.11 Å². The van der Waals surface area contributed by atoms with Crippen molar-refractivity contribution in [3.63, 3.8) is 0 Å². The highest BCUT2D eigenvalue weighted by molar-refractivity contribution is 7.08. The van der Waals surface area contributed by atoms with Gasteiger partial charge in [0.1, 0.15) is 0 Å². The SMILES string of the molecule is O=C(O)C1CN(c2ccsc2)C1. The number of carboxylic acid groups (broad SMARTS) is 1. The zero-order valence-electron chi connectivity index (χ0n) is 6.43. The lowest BCUT2D eigenvalue weighted by Gasteiger charge is -2.37. The number of hydrogen-bond donors (Lipinski definition) is 1. The normalized spacial score (nSPS) is 17.5. The van der Waals surface area contributed by atoms with E-state index >= 15 is 0 Å². The number of thiophene rings is 1. The van der Waals surface area contributed by atoms with Crippen LogP contribution >= 0.6 is 11.3 Å². The Morgan fingerprint density at radius 3 is 2.92 bits per heavy atom. The molecule has 4 heteroatoms. The molecule has 64 valence electrons. The first-order valence-electron chi connectivity index (χ1n) is 3.77. The molecule has 12 heavy (non-hydrogen) atoms. The molecular formula is C8H9NO2S. The van der Waals surface area contributed by atoms with Crippen LogP contribution in [0.5, 0.6) is 0 Å². The van der Waals surface area contributed by atoms with Crippen molar-refractivity contribution in [1.82, 2.24) is 0 Å². The minimum Gasteiger partial charge on any atom is -0.481 e. The van der Waals surface area contributed by atoms with Crippen LogP contribution in [0.15, 0.2) is 16.8 Å². The molecule has 1 aliphatic heterocycles. The Balaban J connectivity index is 1.94. The van der Waals surface area contributed by atoms with E-state index < -0.39 is 5.97 Å². The quantitative estimate of drug-likeness (QED) is 0.750. The van der Waals surface area contributed by atoms with E-state index in [2.05, 4.69) is 4.90 Å². The van der Waals surface area contributed by atoms with Gasteiger partial charge in [0, 0.05) is 24.2 Å². The summed E-state index contributed by atoms with van der Waals surface area (Å²) in [5.74, 6) is -0.841. The average Bonchev–Trinajstić information content (AvgIpc) is 2.34. The molecule has 3 nitrogen and oxygen atoms in total. The van der Waals surface area contributed by atoms with Crippen molar-refractivity contribution in [1.29, 1.82) is 0 Å². The third kappa shape index (κ3) is 1.18. The van der Waals surface area contributed by atoms with Crippen LogP contribution in [0, 0.1) is 5.92 Å². The van der Waals surface area contributed by atoms with Crippen molar-refractivity contribution in [3.05, 3.63) is 16.8 Å². The first-order valence-corrected chi connectivity index (χ1v) is 4.71. The molecule has 2 rings (SSSR count). The Labute approximate surface area is 74.2 Å². The Morgan fingerprint density at radius 1 is 1.67 bits per heavy atom. The van der Waals surface area contributed by atoms with Gasteiger partial charge in [-0.05, 0) is 11.4 Å². The molecule has 0 radical (unpaired) electrons. The largest absolute Gasteiger partial charge is 0.481 e. The molecule has 1 aromatic heterocycles. The van der Waals surface area contributed by atoms with Gasteiger partial charge < -0.3 is 10.0 Å². The molecule has 0 saturated carbocycles. The van der Waals surface area contributed by atoms with Gasteiger partial charge in [0.25, 0.3) is 0 Å². The highest BCUT2D eigenvalue weighted by Crippen LogP contribution is 2.26. The van der Waals surface area contributed by atoms with Crippen LogP contribution in [-0.4, -0.2) is 24.2 Å². The van der Waals surface area contributed by atoms with Gasteiger partial charge >= 0.3 is 5.97 Å². The summed E-state index contributed by atoms with van der Waals surface area (Å²) >= 11 is 1.64. The summed E-state index contributed by atoms with van der Waals surface area (Å²) in [6, 6.07) is 2.02. The molecule has 1 aromatic rings. The van der Waals surface area contributed by atoms with Crippen molar-refractivity contribution in [2.45, 2.75) is 0 Å². The van der Waals surface area contributed by atoms with Gasteiger partial charge in [0.05, 0.1) is 5.92 Å². The summed E-state index contributed by atoms with van der Waals surface area (Å²) in [6.45, 7) is 1.32. The van der Waals surface area contributed by atoms with E-state index in [0.29, 0.717) is 13.1 Å². The maximum absolute atomic E-state index is 10.5. The van der Waals surface area contributed by atoms with Gasteiger partial charge in [-0.2, -0.15) is 11.3 Å². The third-order valence-electron chi connectivity index (χ3n) is 2.10. The highest BCUT2D eigenvalue weighted by Gasteiger charge is 2.32. The topological polar surface area (TPSA) is 40.5 Å². The number of carbonyl (C=O) groups is 1. The maximum atomic E-state index is 10.5. The lowest BCUT2D eigenvalue weighted by molar-refractivity contribution is -0.142. The maximum Gasteiger partial charge on any atom is 0.310 e. The molecule has 0 spiro atoms. The van der Waals surface area contributed by atoms with Crippen LogP contribution in [0.1, 0.15) is 0 Å². The van der Waals surface area contributed by atoms with Crippen LogP contribution < -0.4 is 4.90 Å². The predicted molar refractivity (Wildman–Crippen MR) is 47.7 cm³/mol. The Morgan fingerprint density at radius 2 is 2.42 bits per heavy atom. The molecule has 0 atom stereocenters. The number of carboxylic acids is 1. The summed E-state index contributed by atoms with van der Waals surface area (Å²) < 4.78 is 0. The Hall–Kier alpha value is -1.03. The van der Waals surface area contributed by atoms with Gasteiger partial charge in [0.2, 0.25) is 0 Å². The van der Waals surface area contributed by atoms with Gasteiger partial charge in [-0.15, -0.1) is 0 Å². The van der Waals surface area contributed by atoms with Crippen LogP contribution in [0.3, 0.4) is 0 Å². The van der Waals surface area contributed by atoms with Crippen LogP contribution in [-0.2, 0) is 4.79 Å². The minimum atomic E-state index is -0.679. The number of aliphatic carboxylic acids is 1. The van der Waals surface area contributed by atoms with E-state index in [1.807, 2.05) is 16.8 Å². The summed E-state index contributed by atoms with van der Waals surface area (Å²) in [5, 5.41) is 12.7. The fourth-order valence-corrected chi connectivity index (χ4v) is 1.95. The van der Waals surface area contributed by atoms with E-state index in [1.165, 1.54) is 0 Å². The fourth-order valence-electron chi connectivity index (χ4n) is 1.28. The number of anilines is 1. The number of hydrogen-bond acceptors (Lipinski definition) is 3. The van der Waals surface area contributed by atoms with Crippen LogP contribution in [0.4, 0.5) is 5.69 Å². The predicted octanol–water partition coefficient (Wildman–Crippen LogP) is 1.27. The summed E-state index contributed by atoms with van der Waals surface area (Å²) in [6.07, 6.45) is 0. The van der Waals surface area contributed by atoms with Crippen molar-refractivity contribution in [2.24, 2.45) is 5.92 Å². The fraction of sp³-hybridized carbons (Fsp3) is 0.375. The lowest BCUT2D eigenvalue weighted by Crippen LogP contribution is -2.50. The smallest absolute Gasteiger partial charge is 0.310 e. The Bertz CT molecular complexity index is 277. The standard InChI is InChI=1S/C8H9NO2S/c10-8(11)6-3-9(4-6)7-1-2-12-5-7/h1-2,5-6H,3-4H2,(H,10,11). The molecule has 0 unspecified atom stereocenters. The van der Waals surface area contributed by atoms with Crippen molar-refractivity contribution < 1.29 is 9.90 Å². The second-order valence-corrected chi connectivity index (χ2v) is 3.70. The zero-order valence-corrected chi connectivity index (χ0v) is 7.25. The van der Waals surface area contributed by atoms with Crippen molar-refractivity contribution in [2.75, 3.05) is 18.0 Å². The summed E-state index contributed by atoms with van der Waals surface area (Å²) in [5.41, 5.74) is 1.15. The van der Waals surface area contributed by atoms with Crippen LogP contribution in [0.2, 0.25) is 0 Å². The van der Waals surface area contributed by atoms with E-state index in [-0.39, 0.29) is 5.92 Å². The van der Waals surface area contributed by atoms with Crippen molar-refractivity contribution in [3.8, 4) is 0 Å². The van der Waals surface area contributed by atoms with Gasteiger partial charge in [0.15, 0.2) is 0 Å². The van der Waals surface area contributed by atoms with E-state index in [9.17, 15) is 4.79 Å².